The fourth-order valence-corrected chi connectivity index (χ4v) is 1.29. The molecule has 1 N–H and O–H groups in total. The van der Waals surface area contributed by atoms with Crippen molar-refractivity contribution in [2.45, 2.75) is 13.8 Å². The van der Waals surface area contributed by atoms with Crippen LogP contribution in [-0.4, -0.2) is 20.6 Å². The minimum absolute atomic E-state index is 0.0734. The van der Waals surface area contributed by atoms with Crippen LogP contribution in [0.4, 0.5) is 0 Å². The first-order chi connectivity index (χ1) is 7.09. The molecule has 0 spiro atoms. The van der Waals surface area contributed by atoms with E-state index in [9.17, 15) is 4.79 Å². The van der Waals surface area contributed by atoms with Crippen LogP contribution in [0.15, 0.2) is 22.9 Å². The zero-order chi connectivity index (χ0) is 11.0. The molecule has 5 nitrogen and oxygen atoms in total. The molecule has 0 unspecified atom stereocenters. The van der Waals surface area contributed by atoms with Crippen LogP contribution < -0.4 is 0 Å². The monoisotopic (exact) mass is 206 g/mol. The predicted octanol–water partition coefficient (Wildman–Crippen LogP) is 1.78. The van der Waals surface area contributed by atoms with Crippen molar-refractivity contribution >= 4 is 5.97 Å². The summed E-state index contributed by atoms with van der Waals surface area (Å²) in [5.74, 6) is -0.683. The van der Waals surface area contributed by atoms with Crippen LogP contribution >= 0.6 is 0 Å². The molecule has 0 aromatic carbocycles. The van der Waals surface area contributed by atoms with Gasteiger partial charge in [0.15, 0.2) is 0 Å². The summed E-state index contributed by atoms with van der Waals surface area (Å²) in [5, 5.41) is 8.70. The van der Waals surface area contributed by atoms with E-state index in [1.165, 1.54) is 6.07 Å². The molecule has 78 valence electrons. The van der Waals surface area contributed by atoms with Gasteiger partial charge < -0.3 is 9.52 Å². The Hall–Kier alpha value is -2.04. The molecule has 0 atom stereocenters. The zero-order valence-corrected chi connectivity index (χ0v) is 8.39. The number of furan rings is 1. The average molecular weight is 206 g/mol. The summed E-state index contributed by atoms with van der Waals surface area (Å²) in [5.41, 5.74) is 1.82. The normalized spacial score (nSPS) is 10.5. The number of nitrogens with zero attached hydrogens (tertiary/aromatic N) is 2. The van der Waals surface area contributed by atoms with Gasteiger partial charge in [-0.2, -0.15) is 0 Å². The molecule has 0 aliphatic carbocycles. The van der Waals surface area contributed by atoms with Crippen LogP contribution in [0, 0.1) is 13.8 Å². The van der Waals surface area contributed by atoms with Gasteiger partial charge >= 0.3 is 5.97 Å². The smallest absolute Gasteiger partial charge is 0.371 e. The summed E-state index contributed by atoms with van der Waals surface area (Å²) in [6.07, 6.45) is 1.61. The van der Waals surface area contributed by atoms with Crippen LogP contribution in [0.25, 0.3) is 5.88 Å². The molecule has 0 fully saturated rings. The van der Waals surface area contributed by atoms with Crippen molar-refractivity contribution in [3.8, 4) is 5.88 Å². The van der Waals surface area contributed by atoms with Gasteiger partial charge in [0.25, 0.3) is 0 Å². The first-order valence-corrected chi connectivity index (χ1v) is 4.43. The first kappa shape index (κ1) is 9.51. The largest absolute Gasteiger partial charge is 0.475 e. The molecule has 0 amide bonds. The van der Waals surface area contributed by atoms with Gasteiger partial charge in [0.2, 0.25) is 11.6 Å². The van der Waals surface area contributed by atoms with Crippen molar-refractivity contribution in [2.75, 3.05) is 0 Å². The van der Waals surface area contributed by atoms with Gasteiger partial charge in [-0.3, -0.25) is 4.57 Å². The zero-order valence-electron chi connectivity index (χ0n) is 8.39. The Morgan fingerprint density at radius 3 is 2.67 bits per heavy atom. The first-order valence-electron chi connectivity index (χ1n) is 4.43. The van der Waals surface area contributed by atoms with Gasteiger partial charge in [-0.15, -0.1) is 0 Å². The lowest BCUT2D eigenvalue weighted by Gasteiger charge is -1.99. The lowest BCUT2D eigenvalue weighted by atomic mass is 10.4. The van der Waals surface area contributed by atoms with E-state index in [0.29, 0.717) is 5.88 Å². The van der Waals surface area contributed by atoms with E-state index in [0.717, 1.165) is 11.4 Å². The minimum Gasteiger partial charge on any atom is -0.475 e. The highest BCUT2D eigenvalue weighted by Crippen LogP contribution is 2.16. The molecule has 0 saturated heterocycles. The van der Waals surface area contributed by atoms with Gasteiger partial charge in [-0.1, -0.05) is 0 Å². The highest BCUT2D eigenvalue weighted by molar-refractivity contribution is 5.84. The highest BCUT2D eigenvalue weighted by Gasteiger charge is 2.12. The summed E-state index contributed by atoms with van der Waals surface area (Å²) in [7, 11) is 0. The predicted molar refractivity (Wildman–Crippen MR) is 52.3 cm³/mol. The number of hydrogen-bond acceptors (Lipinski definition) is 3. The maximum atomic E-state index is 10.6. The second kappa shape index (κ2) is 3.27. The van der Waals surface area contributed by atoms with E-state index < -0.39 is 5.97 Å². The van der Waals surface area contributed by atoms with Crippen LogP contribution in [0.2, 0.25) is 0 Å². The molecule has 2 heterocycles. The minimum atomic E-state index is -1.07. The van der Waals surface area contributed by atoms with Gasteiger partial charge in [-0.25, -0.2) is 9.78 Å². The van der Waals surface area contributed by atoms with E-state index in [-0.39, 0.29) is 5.76 Å². The highest BCUT2D eigenvalue weighted by atomic mass is 16.4. The number of carbonyl (C=O) groups is 1. The van der Waals surface area contributed by atoms with Crippen LogP contribution in [-0.2, 0) is 0 Å². The summed E-state index contributed by atoms with van der Waals surface area (Å²) in [6, 6.07) is 3.03. The quantitative estimate of drug-likeness (QED) is 0.813. The molecule has 0 aliphatic rings. The Morgan fingerprint density at radius 2 is 2.20 bits per heavy atom. The number of carboxylic acids is 1. The number of imidazole rings is 1. The molecule has 2 aromatic rings. The van der Waals surface area contributed by atoms with Gasteiger partial charge in [-0.05, 0) is 19.9 Å². The van der Waals surface area contributed by atoms with Gasteiger partial charge in [0, 0.05) is 11.8 Å². The summed E-state index contributed by atoms with van der Waals surface area (Å²) in [4.78, 5) is 14.7. The van der Waals surface area contributed by atoms with Crippen LogP contribution in [0.1, 0.15) is 21.9 Å². The number of hydrogen-bond donors (Lipinski definition) is 1. The molecule has 0 aliphatic heterocycles. The molecule has 2 aromatic heterocycles. The van der Waals surface area contributed by atoms with Crippen molar-refractivity contribution in [1.82, 2.24) is 9.55 Å². The molecular formula is C10H10N2O3. The lowest BCUT2D eigenvalue weighted by Crippen LogP contribution is -1.95. The molecule has 0 radical (unpaired) electrons. The third kappa shape index (κ3) is 1.52. The van der Waals surface area contributed by atoms with E-state index in [4.69, 9.17) is 9.52 Å². The maximum absolute atomic E-state index is 10.6. The van der Waals surface area contributed by atoms with Crippen molar-refractivity contribution in [2.24, 2.45) is 0 Å². The second-order valence-electron chi connectivity index (χ2n) is 3.23. The van der Waals surface area contributed by atoms with Crippen molar-refractivity contribution in [3.05, 3.63) is 35.6 Å². The maximum Gasteiger partial charge on any atom is 0.371 e. The van der Waals surface area contributed by atoms with Crippen molar-refractivity contribution in [3.63, 3.8) is 0 Å². The van der Waals surface area contributed by atoms with Crippen molar-refractivity contribution < 1.29 is 14.3 Å². The molecule has 0 bridgehead atoms. The molecule has 2 rings (SSSR count). The molecule has 5 heteroatoms. The standard InChI is InChI=1S/C10H10N2O3/c1-6-7(2)12(5-11-6)9-4-3-8(15-9)10(13)14/h3-5H,1-2H3,(H,13,14). The Balaban J connectivity index is 2.46. The number of rotatable bonds is 2. The Morgan fingerprint density at radius 1 is 1.47 bits per heavy atom. The third-order valence-corrected chi connectivity index (χ3v) is 2.29. The Kier molecular flexibility index (Phi) is 2.07. The number of aromatic carboxylic acids is 1. The molecular weight excluding hydrogens is 196 g/mol. The summed E-state index contributed by atoms with van der Waals surface area (Å²) < 4.78 is 6.86. The van der Waals surface area contributed by atoms with E-state index in [2.05, 4.69) is 4.98 Å². The van der Waals surface area contributed by atoms with Crippen LogP contribution in [0.3, 0.4) is 0 Å². The van der Waals surface area contributed by atoms with Crippen LogP contribution in [0.5, 0.6) is 0 Å². The van der Waals surface area contributed by atoms with Gasteiger partial charge in [0.1, 0.15) is 6.33 Å². The van der Waals surface area contributed by atoms with E-state index in [1.807, 2.05) is 13.8 Å². The molecule has 0 saturated carbocycles. The van der Waals surface area contributed by atoms with Gasteiger partial charge in [0.05, 0.1) is 5.69 Å². The fraction of sp³-hybridized carbons (Fsp3) is 0.200. The number of carboxylic acid groups (broad SMARTS) is 1. The molecule has 15 heavy (non-hydrogen) atoms. The van der Waals surface area contributed by atoms with E-state index in [1.54, 1.807) is 17.0 Å². The topological polar surface area (TPSA) is 68.3 Å². The fourth-order valence-electron chi connectivity index (χ4n) is 1.29. The SMILES string of the molecule is Cc1ncn(-c2ccc(C(=O)O)o2)c1C. The Labute approximate surface area is 86.0 Å². The lowest BCUT2D eigenvalue weighted by molar-refractivity contribution is 0.0662. The third-order valence-electron chi connectivity index (χ3n) is 2.29. The number of aromatic nitrogens is 2. The summed E-state index contributed by atoms with van der Waals surface area (Å²) >= 11 is 0. The average Bonchev–Trinajstić information content (AvgIpc) is 2.76. The van der Waals surface area contributed by atoms with E-state index >= 15 is 0 Å². The number of aryl methyl sites for hydroxylation is 1. The summed E-state index contributed by atoms with van der Waals surface area (Å²) in [6.45, 7) is 3.78. The second-order valence-corrected chi connectivity index (χ2v) is 3.23. The van der Waals surface area contributed by atoms with Crippen molar-refractivity contribution in [1.29, 1.82) is 0 Å². The Bertz CT molecular complexity index is 510.